The van der Waals surface area contributed by atoms with Crippen molar-refractivity contribution in [3.05, 3.63) is 107 Å². The Hall–Kier alpha value is -2.87. The third kappa shape index (κ3) is 2.64. The lowest BCUT2D eigenvalue weighted by Crippen LogP contribution is -2.12. The van der Waals surface area contributed by atoms with Gasteiger partial charge in [-0.15, -0.1) is 0 Å². The van der Waals surface area contributed by atoms with Crippen molar-refractivity contribution in [2.24, 2.45) is 0 Å². The van der Waals surface area contributed by atoms with E-state index in [1.807, 2.05) is 42.5 Å². The van der Waals surface area contributed by atoms with Crippen molar-refractivity contribution >= 4 is 5.57 Å². The van der Waals surface area contributed by atoms with Crippen LogP contribution in [-0.4, -0.2) is 0 Å². The predicted octanol–water partition coefficient (Wildman–Crippen LogP) is 5.39. The number of fused-ring (bicyclic) bond motifs is 1. The summed E-state index contributed by atoms with van der Waals surface area (Å²) in [6, 6.07) is 24.7. The van der Waals surface area contributed by atoms with Gasteiger partial charge in [0.05, 0.1) is 0 Å². The molecule has 0 amide bonds. The van der Waals surface area contributed by atoms with Gasteiger partial charge in [0, 0.05) is 5.56 Å². The van der Waals surface area contributed by atoms with Gasteiger partial charge >= 0.3 is 0 Å². The van der Waals surface area contributed by atoms with Gasteiger partial charge < -0.3 is 4.74 Å². The average molecular weight is 302 g/mol. The van der Waals surface area contributed by atoms with Crippen LogP contribution < -0.4 is 4.74 Å². The van der Waals surface area contributed by atoms with Gasteiger partial charge in [0.2, 0.25) is 0 Å². The Morgan fingerprint density at radius 3 is 2.39 bits per heavy atom. The molecule has 0 aromatic heterocycles. The van der Waals surface area contributed by atoms with Gasteiger partial charge in [-0.25, -0.2) is 4.39 Å². The van der Waals surface area contributed by atoms with Gasteiger partial charge in [-0.2, -0.15) is 0 Å². The van der Waals surface area contributed by atoms with Gasteiger partial charge in [-0.3, -0.25) is 0 Å². The number of rotatable bonds is 2. The maximum Gasteiger partial charge on any atom is 0.143 e. The molecule has 112 valence electrons. The quantitative estimate of drug-likeness (QED) is 0.616. The van der Waals surface area contributed by atoms with E-state index in [0.717, 1.165) is 28.0 Å². The summed E-state index contributed by atoms with van der Waals surface area (Å²) in [6.45, 7) is 0. The zero-order valence-electron chi connectivity index (χ0n) is 12.4. The largest absolute Gasteiger partial charge is 0.481 e. The molecule has 0 aliphatic carbocycles. The summed E-state index contributed by atoms with van der Waals surface area (Å²) in [5.74, 6) is 0.572. The van der Waals surface area contributed by atoms with E-state index in [4.69, 9.17) is 4.74 Å². The minimum atomic E-state index is -0.296. The van der Waals surface area contributed by atoms with Crippen molar-refractivity contribution in [1.82, 2.24) is 0 Å². The van der Waals surface area contributed by atoms with E-state index in [1.54, 1.807) is 6.07 Å². The van der Waals surface area contributed by atoms with Crippen LogP contribution in [0.25, 0.3) is 5.57 Å². The number of benzene rings is 3. The first-order valence-electron chi connectivity index (χ1n) is 7.60. The van der Waals surface area contributed by atoms with Crippen molar-refractivity contribution in [3.63, 3.8) is 0 Å². The normalized spacial score (nSPS) is 16.2. The van der Waals surface area contributed by atoms with E-state index in [-0.39, 0.29) is 11.9 Å². The summed E-state index contributed by atoms with van der Waals surface area (Å²) in [5.41, 5.74) is 4.12. The highest BCUT2D eigenvalue weighted by atomic mass is 19.1. The Kier molecular flexibility index (Phi) is 3.43. The molecule has 0 saturated carbocycles. The van der Waals surface area contributed by atoms with Crippen LogP contribution in [0.5, 0.6) is 5.75 Å². The van der Waals surface area contributed by atoms with Crippen LogP contribution in [0.3, 0.4) is 0 Å². The molecule has 4 rings (SSSR count). The molecule has 0 radical (unpaired) electrons. The summed E-state index contributed by atoms with van der Waals surface area (Å²) in [7, 11) is 0. The summed E-state index contributed by atoms with van der Waals surface area (Å²) in [6.07, 6.45) is 1.77. The second-order valence-corrected chi connectivity index (χ2v) is 5.54. The molecule has 3 aromatic rings. The molecular formula is C21H15FO. The Morgan fingerprint density at radius 1 is 0.783 bits per heavy atom. The molecule has 0 spiro atoms. The fraction of sp³-hybridized carbons (Fsp3) is 0.0476. The van der Waals surface area contributed by atoms with Crippen molar-refractivity contribution in [2.75, 3.05) is 0 Å². The summed E-state index contributed by atoms with van der Waals surface area (Å²) in [4.78, 5) is 0. The Labute approximate surface area is 134 Å². The topological polar surface area (TPSA) is 9.23 Å². The van der Waals surface area contributed by atoms with Gasteiger partial charge in [-0.05, 0) is 41.0 Å². The van der Waals surface area contributed by atoms with Crippen LogP contribution in [0.1, 0.15) is 22.8 Å². The molecule has 0 fully saturated rings. The molecule has 2 heteroatoms. The maximum absolute atomic E-state index is 13.6. The molecular weight excluding hydrogens is 287 g/mol. The molecule has 1 nitrogen and oxygen atoms in total. The van der Waals surface area contributed by atoms with Crippen LogP contribution in [0, 0.1) is 5.82 Å². The average Bonchev–Trinajstić information content (AvgIpc) is 2.61. The molecule has 23 heavy (non-hydrogen) atoms. The first kappa shape index (κ1) is 13.8. The SMILES string of the molecule is Fc1cccc(C2C=C(c3ccccc3)c3ccccc3O2)c1. The second kappa shape index (κ2) is 5.73. The van der Waals surface area contributed by atoms with Crippen molar-refractivity contribution in [1.29, 1.82) is 0 Å². The zero-order valence-corrected chi connectivity index (χ0v) is 12.4. The van der Waals surface area contributed by atoms with Crippen LogP contribution in [0.4, 0.5) is 4.39 Å². The fourth-order valence-corrected chi connectivity index (χ4v) is 2.92. The Balaban J connectivity index is 1.85. The van der Waals surface area contributed by atoms with Gasteiger partial charge in [-0.1, -0.05) is 60.7 Å². The minimum absolute atomic E-state index is 0.250. The minimum Gasteiger partial charge on any atom is -0.481 e. The molecule has 0 saturated heterocycles. The van der Waals surface area contributed by atoms with E-state index in [2.05, 4.69) is 24.3 Å². The lowest BCUT2D eigenvalue weighted by atomic mass is 9.92. The molecule has 1 aliphatic rings. The van der Waals surface area contributed by atoms with Crippen LogP contribution in [-0.2, 0) is 0 Å². The van der Waals surface area contributed by atoms with Crippen molar-refractivity contribution < 1.29 is 9.13 Å². The van der Waals surface area contributed by atoms with Crippen LogP contribution in [0.2, 0.25) is 0 Å². The van der Waals surface area contributed by atoms with Crippen LogP contribution >= 0.6 is 0 Å². The van der Waals surface area contributed by atoms with Crippen molar-refractivity contribution in [3.8, 4) is 5.75 Å². The van der Waals surface area contributed by atoms with Gasteiger partial charge in [0.25, 0.3) is 0 Å². The first-order chi connectivity index (χ1) is 11.3. The highest BCUT2D eigenvalue weighted by molar-refractivity contribution is 5.84. The maximum atomic E-state index is 13.6. The van der Waals surface area contributed by atoms with Gasteiger partial charge in [0.15, 0.2) is 0 Å². The number of para-hydroxylation sites is 1. The summed E-state index contributed by atoms with van der Waals surface area (Å²) >= 11 is 0. The molecule has 1 unspecified atom stereocenters. The number of halogens is 1. The first-order valence-corrected chi connectivity index (χ1v) is 7.60. The highest BCUT2D eigenvalue weighted by Gasteiger charge is 2.22. The lowest BCUT2D eigenvalue weighted by Gasteiger charge is -2.26. The Morgan fingerprint density at radius 2 is 1.57 bits per heavy atom. The van der Waals surface area contributed by atoms with Gasteiger partial charge in [0.1, 0.15) is 17.7 Å². The van der Waals surface area contributed by atoms with E-state index in [0.29, 0.717) is 0 Å². The number of hydrogen-bond donors (Lipinski definition) is 0. The molecule has 0 N–H and O–H groups in total. The van der Waals surface area contributed by atoms with Crippen LogP contribution in [0.15, 0.2) is 84.9 Å². The molecule has 0 bridgehead atoms. The zero-order chi connectivity index (χ0) is 15.6. The van der Waals surface area contributed by atoms with E-state index in [1.165, 1.54) is 12.1 Å². The number of ether oxygens (including phenoxy) is 1. The second-order valence-electron chi connectivity index (χ2n) is 5.54. The monoisotopic (exact) mass is 302 g/mol. The fourth-order valence-electron chi connectivity index (χ4n) is 2.92. The van der Waals surface area contributed by atoms with E-state index >= 15 is 0 Å². The summed E-state index contributed by atoms with van der Waals surface area (Å²) in [5, 5.41) is 0. The standard InChI is InChI=1S/C21H15FO/c22-17-10-6-9-16(13-17)21-14-19(15-7-2-1-3-8-15)18-11-4-5-12-20(18)23-21/h1-14,21H. The Bertz CT molecular complexity index is 868. The predicted molar refractivity (Wildman–Crippen MR) is 89.7 cm³/mol. The molecule has 1 aliphatic heterocycles. The third-order valence-electron chi connectivity index (χ3n) is 4.01. The van der Waals surface area contributed by atoms with E-state index in [9.17, 15) is 4.39 Å². The smallest absolute Gasteiger partial charge is 0.143 e. The molecule has 3 aromatic carbocycles. The lowest BCUT2D eigenvalue weighted by molar-refractivity contribution is 0.250. The highest BCUT2D eigenvalue weighted by Crippen LogP contribution is 2.40. The third-order valence-corrected chi connectivity index (χ3v) is 4.01. The van der Waals surface area contributed by atoms with E-state index < -0.39 is 0 Å². The van der Waals surface area contributed by atoms with Crippen molar-refractivity contribution in [2.45, 2.75) is 6.10 Å². The number of hydrogen-bond acceptors (Lipinski definition) is 1. The summed E-state index contributed by atoms with van der Waals surface area (Å²) < 4.78 is 19.6. The molecule has 1 heterocycles. The molecule has 1 atom stereocenters.